The molecule has 3 nitrogen and oxygen atoms in total. The van der Waals surface area contributed by atoms with E-state index in [2.05, 4.69) is 43.0 Å². The smallest absolute Gasteiger partial charge is 0.321 e. The van der Waals surface area contributed by atoms with Crippen LogP contribution in [0.5, 0.6) is 0 Å². The molecule has 1 saturated heterocycles. The Labute approximate surface area is 120 Å². The highest BCUT2D eigenvalue weighted by Crippen LogP contribution is 2.43. The molecule has 20 heavy (non-hydrogen) atoms. The van der Waals surface area contributed by atoms with Gasteiger partial charge in [0.25, 0.3) is 0 Å². The number of likely N-dealkylation sites (tertiary alicyclic amines) is 1. The number of carboxylic acids is 1. The quantitative estimate of drug-likeness (QED) is 0.897. The van der Waals surface area contributed by atoms with Crippen molar-refractivity contribution in [2.45, 2.75) is 51.1 Å². The molecule has 1 aromatic rings. The number of carbonyl (C=O) groups is 1. The van der Waals surface area contributed by atoms with Gasteiger partial charge in [-0.3, -0.25) is 9.69 Å². The van der Waals surface area contributed by atoms with E-state index in [0.717, 1.165) is 25.8 Å². The summed E-state index contributed by atoms with van der Waals surface area (Å²) in [6.45, 7) is 5.25. The summed E-state index contributed by atoms with van der Waals surface area (Å²) in [5.41, 5.74) is 2.76. The third kappa shape index (κ3) is 2.14. The molecule has 4 atom stereocenters. The van der Waals surface area contributed by atoms with Gasteiger partial charge in [-0.25, -0.2) is 0 Å². The first-order valence-corrected chi connectivity index (χ1v) is 7.67. The van der Waals surface area contributed by atoms with Gasteiger partial charge >= 0.3 is 5.97 Å². The molecule has 0 bridgehead atoms. The van der Waals surface area contributed by atoms with E-state index in [1.807, 2.05) is 0 Å². The molecule has 4 unspecified atom stereocenters. The molecule has 108 valence electrons. The van der Waals surface area contributed by atoms with Crippen LogP contribution in [0.3, 0.4) is 0 Å². The second-order valence-corrected chi connectivity index (χ2v) is 6.41. The highest BCUT2D eigenvalue weighted by molar-refractivity contribution is 5.74. The molecule has 0 aromatic heterocycles. The Morgan fingerprint density at radius 1 is 1.15 bits per heavy atom. The van der Waals surface area contributed by atoms with Gasteiger partial charge in [0.05, 0.1) is 0 Å². The van der Waals surface area contributed by atoms with E-state index >= 15 is 0 Å². The Bertz CT molecular complexity index is 513. The molecule has 0 amide bonds. The van der Waals surface area contributed by atoms with Gasteiger partial charge < -0.3 is 5.11 Å². The third-order valence-electron chi connectivity index (χ3n) is 5.15. The molecular formula is C17H23NO2. The number of nitrogens with zero attached hydrogens (tertiary/aromatic N) is 1. The summed E-state index contributed by atoms with van der Waals surface area (Å²) < 4.78 is 0. The van der Waals surface area contributed by atoms with Crippen LogP contribution in [-0.4, -0.2) is 28.6 Å². The molecule has 0 radical (unpaired) electrons. The van der Waals surface area contributed by atoms with E-state index in [9.17, 15) is 9.90 Å². The summed E-state index contributed by atoms with van der Waals surface area (Å²) in [5, 5.41) is 9.54. The summed E-state index contributed by atoms with van der Waals surface area (Å²) in [5.74, 6) is 0.177. The monoisotopic (exact) mass is 273 g/mol. The summed E-state index contributed by atoms with van der Waals surface area (Å²) in [4.78, 5) is 13.8. The van der Waals surface area contributed by atoms with Crippen molar-refractivity contribution >= 4 is 5.97 Å². The van der Waals surface area contributed by atoms with Crippen LogP contribution >= 0.6 is 0 Å². The molecule has 3 heteroatoms. The molecular weight excluding hydrogens is 250 g/mol. The maximum atomic E-state index is 11.6. The maximum Gasteiger partial charge on any atom is 0.321 e. The number of rotatable bonds is 2. The van der Waals surface area contributed by atoms with Crippen LogP contribution in [0.25, 0.3) is 0 Å². The van der Waals surface area contributed by atoms with Crippen LogP contribution < -0.4 is 0 Å². The van der Waals surface area contributed by atoms with Gasteiger partial charge in [-0.15, -0.1) is 0 Å². The van der Waals surface area contributed by atoms with Crippen LogP contribution in [0.4, 0.5) is 0 Å². The number of fused-ring (bicyclic) bond motifs is 1. The van der Waals surface area contributed by atoms with Crippen molar-refractivity contribution in [1.29, 1.82) is 0 Å². The maximum absolute atomic E-state index is 11.6. The predicted octanol–water partition coefficient (Wildman–Crippen LogP) is 3.42. The van der Waals surface area contributed by atoms with Crippen LogP contribution in [0.2, 0.25) is 0 Å². The number of hydrogen-bond donors (Lipinski definition) is 1. The predicted molar refractivity (Wildman–Crippen MR) is 78.7 cm³/mol. The average molecular weight is 273 g/mol. The van der Waals surface area contributed by atoms with Crippen molar-refractivity contribution in [3.63, 3.8) is 0 Å². The molecule has 0 saturated carbocycles. The first-order valence-electron chi connectivity index (χ1n) is 7.67. The van der Waals surface area contributed by atoms with Crippen molar-refractivity contribution in [3.8, 4) is 0 Å². The van der Waals surface area contributed by atoms with Gasteiger partial charge in [-0.2, -0.15) is 0 Å². The fourth-order valence-electron chi connectivity index (χ4n) is 4.04. The van der Waals surface area contributed by atoms with Crippen molar-refractivity contribution in [1.82, 2.24) is 4.90 Å². The number of aliphatic carboxylic acids is 1. The fraction of sp³-hybridized carbons (Fsp3) is 0.588. The van der Waals surface area contributed by atoms with E-state index in [4.69, 9.17) is 0 Å². The van der Waals surface area contributed by atoms with Gasteiger partial charge in [0.2, 0.25) is 0 Å². The Morgan fingerprint density at radius 2 is 1.85 bits per heavy atom. The Hall–Kier alpha value is -1.35. The Morgan fingerprint density at radius 3 is 2.55 bits per heavy atom. The standard InChI is InChI=1S/C17H23NO2/c1-11-7-8-15(14-6-4-3-5-13(11)14)18-10-9-12(2)16(18)17(19)20/h3-6,11-12,15-16H,7-10H2,1-2H3,(H,19,20). The van der Waals surface area contributed by atoms with Gasteiger partial charge in [-0.05, 0) is 48.8 Å². The van der Waals surface area contributed by atoms with E-state index < -0.39 is 5.97 Å². The number of carboxylic acid groups (broad SMARTS) is 1. The summed E-state index contributed by atoms with van der Waals surface area (Å²) in [6, 6.07) is 8.55. The van der Waals surface area contributed by atoms with Crippen LogP contribution in [0.1, 0.15) is 56.2 Å². The Balaban J connectivity index is 1.95. The van der Waals surface area contributed by atoms with E-state index in [1.165, 1.54) is 11.1 Å². The zero-order valence-corrected chi connectivity index (χ0v) is 12.2. The highest BCUT2D eigenvalue weighted by atomic mass is 16.4. The molecule has 1 fully saturated rings. The first-order chi connectivity index (χ1) is 9.59. The van der Waals surface area contributed by atoms with E-state index in [-0.39, 0.29) is 18.0 Å². The number of hydrogen-bond acceptors (Lipinski definition) is 2. The molecule has 2 aliphatic rings. The molecule has 1 heterocycles. The lowest BCUT2D eigenvalue weighted by Crippen LogP contribution is -2.42. The van der Waals surface area contributed by atoms with Gasteiger partial charge in [0, 0.05) is 6.04 Å². The van der Waals surface area contributed by atoms with Crippen molar-refractivity contribution < 1.29 is 9.90 Å². The van der Waals surface area contributed by atoms with Crippen molar-refractivity contribution in [2.24, 2.45) is 5.92 Å². The zero-order chi connectivity index (χ0) is 14.3. The average Bonchev–Trinajstić information content (AvgIpc) is 2.81. The van der Waals surface area contributed by atoms with Gasteiger partial charge in [-0.1, -0.05) is 38.1 Å². The normalized spacial score (nSPS) is 33.9. The van der Waals surface area contributed by atoms with E-state index in [0.29, 0.717) is 5.92 Å². The summed E-state index contributed by atoms with van der Waals surface area (Å²) in [6.07, 6.45) is 3.22. The summed E-state index contributed by atoms with van der Waals surface area (Å²) >= 11 is 0. The molecule has 1 N–H and O–H groups in total. The second-order valence-electron chi connectivity index (χ2n) is 6.41. The van der Waals surface area contributed by atoms with Gasteiger partial charge in [0.1, 0.15) is 6.04 Å². The topological polar surface area (TPSA) is 40.5 Å². The molecule has 0 spiro atoms. The fourth-order valence-corrected chi connectivity index (χ4v) is 4.04. The summed E-state index contributed by atoms with van der Waals surface area (Å²) in [7, 11) is 0. The second kappa shape index (κ2) is 5.21. The molecule has 1 aliphatic heterocycles. The SMILES string of the molecule is CC1CCC(N2CCC(C)C2C(=O)O)c2ccccc21. The molecule has 1 aromatic carbocycles. The van der Waals surface area contributed by atoms with Crippen molar-refractivity contribution in [2.75, 3.05) is 6.54 Å². The highest BCUT2D eigenvalue weighted by Gasteiger charge is 2.42. The van der Waals surface area contributed by atoms with Gasteiger partial charge in [0.15, 0.2) is 0 Å². The van der Waals surface area contributed by atoms with Crippen LogP contribution in [-0.2, 0) is 4.79 Å². The minimum absolute atomic E-state index is 0.249. The lowest BCUT2D eigenvalue weighted by molar-refractivity contribution is -0.144. The van der Waals surface area contributed by atoms with Crippen LogP contribution in [0, 0.1) is 5.92 Å². The number of benzene rings is 1. The minimum Gasteiger partial charge on any atom is -0.480 e. The van der Waals surface area contributed by atoms with E-state index in [1.54, 1.807) is 0 Å². The van der Waals surface area contributed by atoms with Crippen molar-refractivity contribution in [3.05, 3.63) is 35.4 Å². The first kappa shape index (κ1) is 13.6. The van der Waals surface area contributed by atoms with Crippen LogP contribution in [0.15, 0.2) is 24.3 Å². The lowest BCUT2D eigenvalue weighted by atomic mass is 9.80. The lowest BCUT2D eigenvalue weighted by Gasteiger charge is -2.38. The minimum atomic E-state index is -0.661. The Kier molecular flexibility index (Phi) is 3.55. The molecule has 1 aliphatic carbocycles. The zero-order valence-electron chi connectivity index (χ0n) is 12.2. The molecule has 3 rings (SSSR count). The largest absolute Gasteiger partial charge is 0.480 e. The third-order valence-corrected chi connectivity index (χ3v) is 5.15.